The average molecular weight is 198 g/mol. The normalized spacial score (nSPS) is 31.8. The predicted molar refractivity (Wildman–Crippen MR) is 57.1 cm³/mol. The van der Waals surface area contributed by atoms with Gasteiger partial charge in [-0.1, -0.05) is 27.7 Å². The zero-order valence-electron chi connectivity index (χ0n) is 9.71. The van der Waals surface area contributed by atoms with Gasteiger partial charge in [0.15, 0.2) is 0 Å². The molecule has 1 aliphatic rings. The second-order valence-corrected chi connectivity index (χ2v) is 5.76. The quantitative estimate of drug-likeness (QED) is 0.740. The van der Waals surface area contributed by atoms with Crippen LogP contribution in [0.15, 0.2) is 0 Å². The van der Waals surface area contributed by atoms with Gasteiger partial charge in [0.25, 0.3) is 0 Å². The van der Waals surface area contributed by atoms with E-state index in [9.17, 15) is 9.90 Å². The Labute approximate surface area is 86.7 Å². The van der Waals surface area contributed by atoms with Gasteiger partial charge in [-0.25, -0.2) is 0 Å². The molecule has 0 aromatic rings. The van der Waals surface area contributed by atoms with Gasteiger partial charge in [0, 0.05) is 0 Å². The first-order valence-electron chi connectivity index (χ1n) is 5.56. The number of carbonyl (C=O) groups is 1. The van der Waals surface area contributed by atoms with E-state index in [1.807, 2.05) is 0 Å². The lowest BCUT2D eigenvalue weighted by molar-refractivity contribution is -0.147. The number of aliphatic carboxylic acids is 1. The molecule has 0 heterocycles. The van der Waals surface area contributed by atoms with Crippen molar-refractivity contribution in [2.75, 3.05) is 0 Å². The monoisotopic (exact) mass is 198 g/mol. The van der Waals surface area contributed by atoms with Crippen LogP contribution in [0.2, 0.25) is 0 Å². The van der Waals surface area contributed by atoms with Gasteiger partial charge < -0.3 is 5.11 Å². The van der Waals surface area contributed by atoms with Gasteiger partial charge in [-0.3, -0.25) is 4.79 Å². The molecule has 0 unspecified atom stereocenters. The maximum Gasteiger partial charge on any atom is 0.306 e. The lowest BCUT2D eigenvalue weighted by atomic mass is 9.64. The molecule has 14 heavy (non-hydrogen) atoms. The predicted octanol–water partition coefficient (Wildman–Crippen LogP) is 3.17. The lowest BCUT2D eigenvalue weighted by Crippen LogP contribution is -2.37. The van der Waals surface area contributed by atoms with Crippen LogP contribution in [0.4, 0.5) is 0 Å². The average Bonchev–Trinajstić information content (AvgIpc) is 2.01. The molecule has 1 rings (SSSR count). The lowest BCUT2D eigenvalue weighted by Gasteiger charge is -2.40. The molecule has 0 saturated heterocycles. The molecule has 2 atom stereocenters. The maximum atomic E-state index is 11.2. The second kappa shape index (κ2) is 3.92. The van der Waals surface area contributed by atoms with Crippen LogP contribution in [-0.4, -0.2) is 11.1 Å². The molecule has 2 nitrogen and oxygen atoms in total. The van der Waals surface area contributed by atoms with Gasteiger partial charge in [0.05, 0.1) is 5.92 Å². The van der Waals surface area contributed by atoms with Crippen molar-refractivity contribution in [2.24, 2.45) is 23.2 Å². The minimum absolute atomic E-state index is 0.126. The summed E-state index contributed by atoms with van der Waals surface area (Å²) in [6, 6.07) is 0. The van der Waals surface area contributed by atoms with Crippen molar-refractivity contribution in [3.63, 3.8) is 0 Å². The molecule has 1 N–H and O–H groups in total. The highest BCUT2D eigenvalue weighted by Gasteiger charge is 2.39. The number of carboxylic acid groups (broad SMARTS) is 1. The zero-order chi connectivity index (χ0) is 10.9. The fourth-order valence-electron chi connectivity index (χ4n) is 2.68. The third-order valence-corrected chi connectivity index (χ3v) is 3.62. The van der Waals surface area contributed by atoms with Gasteiger partial charge >= 0.3 is 5.97 Å². The third-order valence-electron chi connectivity index (χ3n) is 3.62. The van der Waals surface area contributed by atoms with Crippen LogP contribution in [-0.2, 0) is 4.79 Å². The topological polar surface area (TPSA) is 37.3 Å². The molecule has 0 bridgehead atoms. The Morgan fingerprint density at radius 2 is 2.00 bits per heavy atom. The van der Waals surface area contributed by atoms with Gasteiger partial charge in [-0.05, 0) is 36.5 Å². The van der Waals surface area contributed by atoms with Crippen LogP contribution in [0.5, 0.6) is 0 Å². The molecule has 1 fully saturated rings. The fourth-order valence-corrected chi connectivity index (χ4v) is 2.68. The summed E-state index contributed by atoms with van der Waals surface area (Å²) < 4.78 is 0. The Kier molecular flexibility index (Phi) is 3.23. The highest BCUT2D eigenvalue weighted by atomic mass is 16.4. The van der Waals surface area contributed by atoms with Crippen molar-refractivity contribution in [3.05, 3.63) is 0 Å². The summed E-state index contributed by atoms with van der Waals surface area (Å²) >= 11 is 0. The number of hydrogen-bond acceptors (Lipinski definition) is 1. The first-order valence-corrected chi connectivity index (χ1v) is 5.56. The van der Waals surface area contributed by atoms with E-state index < -0.39 is 5.97 Å². The number of hydrogen-bond donors (Lipinski definition) is 1. The molecule has 82 valence electrons. The van der Waals surface area contributed by atoms with E-state index in [0.717, 1.165) is 12.8 Å². The van der Waals surface area contributed by atoms with Crippen molar-refractivity contribution < 1.29 is 9.90 Å². The molecule has 0 amide bonds. The van der Waals surface area contributed by atoms with Crippen molar-refractivity contribution >= 4 is 5.97 Å². The highest BCUT2D eigenvalue weighted by Crippen LogP contribution is 2.44. The van der Waals surface area contributed by atoms with Crippen molar-refractivity contribution in [1.82, 2.24) is 0 Å². The number of rotatable bonds is 2. The van der Waals surface area contributed by atoms with E-state index in [-0.39, 0.29) is 11.3 Å². The Balaban J connectivity index is 2.76. The summed E-state index contributed by atoms with van der Waals surface area (Å²) in [5, 5.41) is 9.19. The fraction of sp³-hybridized carbons (Fsp3) is 0.917. The van der Waals surface area contributed by atoms with Crippen LogP contribution in [0.25, 0.3) is 0 Å². The largest absolute Gasteiger partial charge is 0.481 e. The Bertz CT molecular complexity index is 218. The molecule has 0 aromatic carbocycles. The molecule has 2 heteroatoms. The summed E-state index contributed by atoms with van der Waals surface area (Å²) in [5.41, 5.74) is 0.217. The molecule has 0 radical (unpaired) electrons. The summed E-state index contributed by atoms with van der Waals surface area (Å²) in [4.78, 5) is 11.2. The van der Waals surface area contributed by atoms with E-state index in [1.54, 1.807) is 0 Å². The van der Waals surface area contributed by atoms with Gasteiger partial charge in [-0.15, -0.1) is 0 Å². The molecule has 1 aliphatic carbocycles. The first kappa shape index (κ1) is 11.5. The highest BCUT2D eigenvalue weighted by molar-refractivity contribution is 5.70. The standard InChI is InChI=1S/C12H22O2/c1-8(2)9-5-6-12(3,4)7-10(9)11(13)14/h8-10H,5-7H2,1-4H3,(H,13,14)/t9-,10+/m0/s1. The van der Waals surface area contributed by atoms with Crippen molar-refractivity contribution in [2.45, 2.75) is 47.0 Å². The summed E-state index contributed by atoms with van der Waals surface area (Å²) in [5.74, 6) is 0.142. The van der Waals surface area contributed by atoms with Crippen LogP contribution in [0.1, 0.15) is 47.0 Å². The minimum atomic E-state index is -0.600. The Hall–Kier alpha value is -0.530. The number of carboxylic acids is 1. The molecule has 0 aliphatic heterocycles. The second-order valence-electron chi connectivity index (χ2n) is 5.76. The molecule has 1 saturated carbocycles. The van der Waals surface area contributed by atoms with Gasteiger partial charge in [0.1, 0.15) is 0 Å². The third kappa shape index (κ3) is 2.49. The molecular weight excluding hydrogens is 176 g/mol. The maximum absolute atomic E-state index is 11.2. The van der Waals surface area contributed by atoms with Crippen molar-refractivity contribution in [1.29, 1.82) is 0 Å². The summed E-state index contributed by atoms with van der Waals surface area (Å²) in [6.45, 7) is 8.64. The van der Waals surface area contributed by atoms with Crippen LogP contribution in [0, 0.1) is 23.2 Å². The SMILES string of the molecule is CC(C)[C@@H]1CCC(C)(C)C[C@H]1C(=O)O. The smallest absolute Gasteiger partial charge is 0.306 e. The van der Waals surface area contributed by atoms with E-state index in [4.69, 9.17) is 0 Å². The van der Waals surface area contributed by atoms with E-state index >= 15 is 0 Å². The van der Waals surface area contributed by atoms with Gasteiger partial charge in [0.2, 0.25) is 0 Å². The molecule has 0 spiro atoms. The summed E-state index contributed by atoms with van der Waals surface area (Å²) in [6.07, 6.45) is 3.08. The molecular formula is C12H22O2. The van der Waals surface area contributed by atoms with E-state index in [1.165, 1.54) is 6.42 Å². The van der Waals surface area contributed by atoms with Crippen molar-refractivity contribution in [3.8, 4) is 0 Å². The minimum Gasteiger partial charge on any atom is -0.481 e. The van der Waals surface area contributed by atoms with E-state index in [0.29, 0.717) is 11.8 Å². The van der Waals surface area contributed by atoms with Gasteiger partial charge in [-0.2, -0.15) is 0 Å². The Morgan fingerprint density at radius 1 is 1.43 bits per heavy atom. The summed E-state index contributed by atoms with van der Waals surface area (Å²) in [7, 11) is 0. The van der Waals surface area contributed by atoms with Crippen LogP contribution in [0.3, 0.4) is 0 Å². The van der Waals surface area contributed by atoms with Crippen LogP contribution >= 0.6 is 0 Å². The van der Waals surface area contributed by atoms with Crippen LogP contribution < -0.4 is 0 Å². The zero-order valence-corrected chi connectivity index (χ0v) is 9.71. The first-order chi connectivity index (χ1) is 6.33. The molecule has 0 aromatic heterocycles. The Morgan fingerprint density at radius 3 is 2.43 bits per heavy atom. The van der Waals surface area contributed by atoms with E-state index in [2.05, 4.69) is 27.7 Å².